The number of hydrogen-bond donors (Lipinski definition) is 1. The molecule has 0 bridgehead atoms. The Morgan fingerprint density at radius 1 is 1.37 bits per heavy atom. The molecular weight excluding hydrogens is 262 g/mol. The summed E-state index contributed by atoms with van der Waals surface area (Å²) in [6.45, 7) is 2.77. The average Bonchev–Trinajstić information content (AvgIpc) is 2.37. The highest BCUT2D eigenvalue weighted by Gasteiger charge is 2.22. The van der Waals surface area contributed by atoms with Gasteiger partial charge in [0, 0.05) is 12.2 Å². The van der Waals surface area contributed by atoms with Gasteiger partial charge in [0.2, 0.25) is 5.91 Å². The number of amides is 1. The van der Waals surface area contributed by atoms with Crippen LogP contribution in [0.15, 0.2) is 18.2 Å². The first-order valence-electron chi connectivity index (χ1n) is 6.27. The van der Waals surface area contributed by atoms with Crippen molar-refractivity contribution in [2.75, 3.05) is 23.0 Å². The number of carboxylic acid groups (broad SMARTS) is 1. The maximum atomic E-state index is 12.1. The van der Waals surface area contributed by atoms with Crippen LogP contribution in [-0.4, -0.2) is 35.0 Å². The first-order valence-corrected chi connectivity index (χ1v) is 7.43. The maximum Gasteiger partial charge on any atom is 0.313 e. The minimum atomic E-state index is -0.882. The van der Waals surface area contributed by atoms with Crippen molar-refractivity contribution < 1.29 is 14.7 Å². The van der Waals surface area contributed by atoms with Gasteiger partial charge in [-0.3, -0.25) is 9.59 Å². The van der Waals surface area contributed by atoms with Crippen molar-refractivity contribution >= 4 is 29.3 Å². The van der Waals surface area contributed by atoms with Crippen LogP contribution in [0.5, 0.6) is 0 Å². The summed E-state index contributed by atoms with van der Waals surface area (Å²) in [6.07, 6.45) is 1.97. The molecule has 0 aromatic heterocycles. The lowest BCUT2D eigenvalue weighted by Gasteiger charge is -2.29. The summed E-state index contributed by atoms with van der Waals surface area (Å²) in [5.41, 5.74) is 3.40. The smallest absolute Gasteiger partial charge is 0.313 e. The summed E-state index contributed by atoms with van der Waals surface area (Å²) in [7, 11) is 0. The Kier molecular flexibility index (Phi) is 4.47. The highest BCUT2D eigenvalue weighted by molar-refractivity contribution is 8.00. The lowest BCUT2D eigenvalue weighted by molar-refractivity contribution is -0.133. The molecule has 2 rings (SSSR count). The molecule has 1 aromatic carbocycles. The van der Waals surface area contributed by atoms with Crippen molar-refractivity contribution in [3.63, 3.8) is 0 Å². The number of carboxylic acids is 1. The van der Waals surface area contributed by atoms with Gasteiger partial charge in [-0.25, -0.2) is 0 Å². The monoisotopic (exact) mass is 279 g/mol. The summed E-state index contributed by atoms with van der Waals surface area (Å²) in [5.74, 6) is -0.691. The van der Waals surface area contributed by atoms with E-state index < -0.39 is 5.97 Å². The molecule has 0 atom stereocenters. The molecule has 0 saturated carbocycles. The van der Waals surface area contributed by atoms with Gasteiger partial charge in [-0.05, 0) is 31.4 Å². The Morgan fingerprint density at radius 2 is 2.16 bits per heavy atom. The molecule has 1 aromatic rings. The first-order chi connectivity index (χ1) is 9.08. The van der Waals surface area contributed by atoms with E-state index in [4.69, 9.17) is 5.11 Å². The van der Waals surface area contributed by atoms with Crippen LogP contribution in [0.3, 0.4) is 0 Å². The van der Waals surface area contributed by atoms with E-state index in [2.05, 4.69) is 6.07 Å². The molecule has 1 aliphatic heterocycles. The molecule has 19 heavy (non-hydrogen) atoms. The van der Waals surface area contributed by atoms with Gasteiger partial charge < -0.3 is 10.0 Å². The Balaban J connectivity index is 2.06. The quantitative estimate of drug-likeness (QED) is 0.917. The van der Waals surface area contributed by atoms with Crippen LogP contribution < -0.4 is 4.90 Å². The second-order valence-corrected chi connectivity index (χ2v) is 5.65. The molecule has 0 spiro atoms. The van der Waals surface area contributed by atoms with E-state index in [1.807, 2.05) is 19.1 Å². The van der Waals surface area contributed by atoms with E-state index in [1.165, 1.54) is 11.1 Å². The number of carbonyl (C=O) groups excluding carboxylic acids is 1. The fraction of sp³-hybridized carbons (Fsp3) is 0.429. The molecule has 1 amide bonds. The summed E-state index contributed by atoms with van der Waals surface area (Å²) in [4.78, 5) is 24.4. The van der Waals surface area contributed by atoms with Gasteiger partial charge >= 0.3 is 5.97 Å². The zero-order valence-corrected chi connectivity index (χ0v) is 11.7. The number of benzene rings is 1. The molecule has 1 N–H and O–H groups in total. The number of anilines is 1. The van der Waals surface area contributed by atoms with Crippen LogP contribution >= 0.6 is 11.8 Å². The summed E-state index contributed by atoms with van der Waals surface area (Å²) < 4.78 is 0. The third-order valence-electron chi connectivity index (χ3n) is 3.11. The van der Waals surface area contributed by atoms with Crippen LogP contribution in [0.4, 0.5) is 5.69 Å². The Hall–Kier alpha value is -1.49. The van der Waals surface area contributed by atoms with Gasteiger partial charge in [-0.15, -0.1) is 11.8 Å². The number of nitrogens with zero attached hydrogens (tertiary/aromatic N) is 1. The second-order valence-electron chi connectivity index (χ2n) is 4.67. The normalized spacial score (nSPS) is 14.1. The predicted octanol–water partition coefficient (Wildman–Crippen LogP) is 2.09. The van der Waals surface area contributed by atoms with E-state index in [1.54, 1.807) is 4.90 Å². The minimum Gasteiger partial charge on any atom is -0.481 e. The third-order valence-corrected chi connectivity index (χ3v) is 4.01. The SMILES string of the molecule is Cc1ccc2c(c1)CCCN2C(=O)CSCC(=O)O. The van der Waals surface area contributed by atoms with Crippen molar-refractivity contribution in [2.24, 2.45) is 0 Å². The van der Waals surface area contributed by atoms with Gasteiger partial charge in [-0.1, -0.05) is 17.7 Å². The molecule has 0 saturated heterocycles. The average molecular weight is 279 g/mol. The molecule has 4 nitrogen and oxygen atoms in total. The molecule has 5 heteroatoms. The number of aliphatic carboxylic acids is 1. The van der Waals surface area contributed by atoms with E-state index in [0.29, 0.717) is 0 Å². The van der Waals surface area contributed by atoms with E-state index in [-0.39, 0.29) is 17.4 Å². The van der Waals surface area contributed by atoms with Gasteiger partial charge in [0.05, 0.1) is 11.5 Å². The van der Waals surface area contributed by atoms with Gasteiger partial charge in [0.1, 0.15) is 0 Å². The molecule has 0 aliphatic carbocycles. The number of rotatable bonds is 4. The first kappa shape index (κ1) is 13.9. The molecule has 1 heterocycles. The third kappa shape index (κ3) is 3.50. The van der Waals surface area contributed by atoms with Crippen LogP contribution in [0.2, 0.25) is 0 Å². The van der Waals surface area contributed by atoms with E-state index in [9.17, 15) is 9.59 Å². The number of aryl methyl sites for hydroxylation is 2. The fourth-order valence-corrected chi connectivity index (χ4v) is 2.90. The Bertz CT molecular complexity index is 501. The number of fused-ring (bicyclic) bond motifs is 1. The number of carbonyl (C=O) groups is 2. The van der Waals surface area contributed by atoms with Crippen LogP contribution in [0.25, 0.3) is 0 Å². The van der Waals surface area contributed by atoms with Crippen molar-refractivity contribution in [3.05, 3.63) is 29.3 Å². The highest BCUT2D eigenvalue weighted by Crippen LogP contribution is 2.28. The second kappa shape index (κ2) is 6.10. The van der Waals surface area contributed by atoms with Gasteiger partial charge in [-0.2, -0.15) is 0 Å². The number of hydrogen-bond acceptors (Lipinski definition) is 3. The zero-order chi connectivity index (χ0) is 13.8. The minimum absolute atomic E-state index is 0.00365. The van der Waals surface area contributed by atoms with Crippen molar-refractivity contribution in [1.29, 1.82) is 0 Å². The zero-order valence-electron chi connectivity index (χ0n) is 10.9. The predicted molar refractivity (Wildman–Crippen MR) is 76.8 cm³/mol. The molecule has 0 fully saturated rings. The van der Waals surface area contributed by atoms with Crippen LogP contribution in [0, 0.1) is 6.92 Å². The van der Waals surface area contributed by atoms with Crippen molar-refractivity contribution in [1.82, 2.24) is 0 Å². The van der Waals surface area contributed by atoms with Crippen molar-refractivity contribution in [3.8, 4) is 0 Å². The molecule has 1 aliphatic rings. The van der Waals surface area contributed by atoms with Crippen molar-refractivity contribution in [2.45, 2.75) is 19.8 Å². The summed E-state index contributed by atoms with van der Waals surface area (Å²) >= 11 is 1.15. The fourth-order valence-electron chi connectivity index (χ4n) is 2.29. The van der Waals surface area contributed by atoms with Crippen LogP contribution in [0.1, 0.15) is 17.5 Å². The maximum absolute atomic E-state index is 12.1. The Labute approximate surface area is 116 Å². The van der Waals surface area contributed by atoms with E-state index in [0.717, 1.165) is 36.8 Å². The molecule has 102 valence electrons. The Morgan fingerprint density at radius 3 is 2.89 bits per heavy atom. The lowest BCUT2D eigenvalue weighted by atomic mass is 10.00. The highest BCUT2D eigenvalue weighted by atomic mass is 32.2. The lowest BCUT2D eigenvalue weighted by Crippen LogP contribution is -2.36. The van der Waals surface area contributed by atoms with Crippen LogP contribution in [-0.2, 0) is 16.0 Å². The molecule has 0 radical (unpaired) electrons. The van der Waals surface area contributed by atoms with Gasteiger partial charge in [0.25, 0.3) is 0 Å². The van der Waals surface area contributed by atoms with Gasteiger partial charge in [0.15, 0.2) is 0 Å². The standard InChI is InChI=1S/C14H17NO3S/c1-10-4-5-12-11(7-10)3-2-6-15(12)13(16)8-19-9-14(17)18/h4-5,7H,2-3,6,8-9H2,1H3,(H,17,18). The van der Waals surface area contributed by atoms with E-state index >= 15 is 0 Å². The summed E-state index contributed by atoms with van der Waals surface area (Å²) in [5, 5.41) is 8.58. The topological polar surface area (TPSA) is 57.6 Å². The molecule has 0 unspecified atom stereocenters. The number of thioether (sulfide) groups is 1. The molecular formula is C14H17NO3S. The largest absolute Gasteiger partial charge is 0.481 e. The summed E-state index contributed by atoms with van der Waals surface area (Å²) in [6, 6.07) is 6.12.